The van der Waals surface area contributed by atoms with Crippen LogP contribution in [0.5, 0.6) is 5.88 Å². The second-order valence-corrected chi connectivity index (χ2v) is 3.40. The smallest absolute Gasteiger partial charge is 0.307 e. The molecule has 0 fully saturated rings. The van der Waals surface area contributed by atoms with Crippen LogP contribution in [0.2, 0.25) is 0 Å². The molecule has 1 rings (SSSR count). The number of nitrogens with one attached hydrogen (secondary N) is 1. The molecule has 1 aromatic heterocycles. The molecule has 0 bridgehead atoms. The zero-order valence-electron chi connectivity index (χ0n) is 10.4. The second kappa shape index (κ2) is 7.26. The minimum atomic E-state index is -0.328. The molecule has 1 N–H and O–H groups in total. The molecular weight excluding hydrogens is 236 g/mol. The topological polar surface area (TPSA) is 77.5 Å². The van der Waals surface area contributed by atoms with Crippen LogP contribution in [-0.4, -0.2) is 37.1 Å². The van der Waals surface area contributed by atoms with E-state index in [1.54, 1.807) is 19.1 Å². The van der Waals surface area contributed by atoms with Gasteiger partial charge < -0.3 is 14.8 Å². The standard InChI is InChI=1S/C12H16N2O4/c1-3-18-11(15)6-7-13-12(16)9-4-5-10(17-2)14-8-9/h4-5,8H,3,6-7H2,1-2H3,(H,13,16). The van der Waals surface area contributed by atoms with E-state index in [0.717, 1.165) is 0 Å². The Hall–Kier alpha value is -2.11. The van der Waals surface area contributed by atoms with Gasteiger partial charge in [-0.3, -0.25) is 9.59 Å². The van der Waals surface area contributed by atoms with Crippen molar-refractivity contribution in [3.8, 4) is 5.88 Å². The van der Waals surface area contributed by atoms with E-state index in [4.69, 9.17) is 9.47 Å². The van der Waals surface area contributed by atoms with Gasteiger partial charge in [0.15, 0.2) is 0 Å². The van der Waals surface area contributed by atoms with E-state index in [1.807, 2.05) is 0 Å². The van der Waals surface area contributed by atoms with Gasteiger partial charge in [0.05, 0.1) is 25.7 Å². The summed E-state index contributed by atoms with van der Waals surface area (Å²) < 4.78 is 9.62. The summed E-state index contributed by atoms with van der Waals surface area (Å²) in [6.45, 7) is 2.32. The third-order valence-electron chi connectivity index (χ3n) is 2.13. The van der Waals surface area contributed by atoms with Crippen molar-refractivity contribution >= 4 is 11.9 Å². The average Bonchev–Trinajstić information content (AvgIpc) is 2.39. The summed E-state index contributed by atoms with van der Waals surface area (Å²) in [5, 5.41) is 2.61. The molecule has 6 nitrogen and oxygen atoms in total. The maximum atomic E-state index is 11.6. The second-order valence-electron chi connectivity index (χ2n) is 3.40. The summed E-state index contributed by atoms with van der Waals surface area (Å²) in [6.07, 6.45) is 1.57. The van der Waals surface area contributed by atoms with Gasteiger partial charge in [-0.05, 0) is 13.0 Å². The molecule has 0 saturated carbocycles. The maximum absolute atomic E-state index is 11.6. The van der Waals surface area contributed by atoms with Crippen molar-refractivity contribution in [1.82, 2.24) is 10.3 Å². The maximum Gasteiger partial charge on any atom is 0.307 e. The van der Waals surface area contributed by atoms with Gasteiger partial charge in [0.2, 0.25) is 5.88 Å². The summed E-state index contributed by atoms with van der Waals surface area (Å²) in [5.74, 6) is -0.168. The first-order valence-corrected chi connectivity index (χ1v) is 5.61. The molecule has 1 heterocycles. The number of methoxy groups -OCH3 is 1. The van der Waals surface area contributed by atoms with Crippen molar-refractivity contribution in [1.29, 1.82) is 0 Å². The molecule has 1 amide bonds. The van der Waals surface area contributed by atoms with Crippen LogP contribution < -0.4 is 10.1 Å². The van der Waals surface area contributed by atoms with E-state index in [9.17, 15) is 9.59 Å². The number of esters is 1. The summed E-state index contributed by atoms with van der Waals surface area (Å²) in [7, 11) is 1.50. The molecule has 98 valence electrons. The third-order valence-corrected chi connectivity index (χ3v) is 2.13. The van der Waals surface area contributed by atoms with Gasteiger partial charge in [0.1, 0.15) is 0 Å². The number of amides is 1. The van der Waals surface area contributed by atoms with Crippen molar-refractivity contribution in [3.05, 3.63) is 23.9 Å². The number of carbonyl (C=O) groups excluding carboxylic acids is 2. The SMILES string of the molecule is CCOC(=O)CCNC(=O)c1ccc(OC)nc1. The Morgan fingerprint density at radius 1 is 1.39 bits per heavy atom. The molecule has 0 aromatic carbocycles. The van der Waals surface area contributed by atoms with Crippen LogP contribution in [0.25, 0.3) is 0 Å². The molecule has 0 radical (unpaired) electrons. The lowest BCUT2D eigenvalue weighted by Crippen LogP contribution is -2.26. The number of pyridine rings is 1. The first kappa shape index (κ1) is 14.0. The van der Waals surface area contributed by atoms with Crippen LogP contribution in [0.15, 0.2) is 18.3 Å². The fraction of sp³-hybridized carbons (Fsp3) is 0.417. The summed E-state index contributed by atoms with van der Waals surface area (Å²) in [5.41, 5.74) is 0.416. The zero-order valence-corrected chi connectivity index (χ0v) is 10.4. The van der Waals surface area contributed by atoms with E-state index >= 15 is 0 Å². The van der Waals surface area contributed by atoms with Gasteiger partial charge in [0, 0.05) is 18.8 Å². The molecule has 0 atom stereocenters. The number of ether oxygens (including phenoxy) is 2. The van der Waals surface area contributed by atoms with Gasteiger partial charge >= 0.3 is 5.97 Å². The number of aromatic nitrogens is 1. The molecule has 1 aromatic rings. The zero-order chi connectivity index (χ0) is 13.4. The lowest BCUT2D eigenvalue weighted by atomic mass is 10.2. The van der Waals surface area contributed by atoms with Crippen molar-refractivity contribution in [2.45, 2.75) is 13.3 Å². The first-order valence-electron chi connectivity index (χ1n) is 5.61. The minimum absolute atomic E-state index is 0.156. The van der Waals surface area contributed by atoms with E-state index in [2.05, 4.69) is 10.3 Å². The monoisotopic (exact) mass is 252 g/mol. The highest BCUT2D eigenvalue weighted by Crippen LogP contribution is 2.06. The Kier molecular flexibility index (Phi) is 5.63. The highest BCUT2D eigenvalue weighted by atomic mass is 16.5. The molecular formula is C12H16N2O4. The third kappa shape index (κ3) is 4.40. The molecule has 0 saturated heterocycles. The van der Waals surface area contributed by atoms with Crippen LogP contribution >= 0.6 is 0 Å². The lowest BCUT2D eigenvalue weighted by Gasteiger charge is -2.05. The van der Waals surface area contributed by atoms with Gasteiger partial charge in [-0.15, -0.1) is 0 Å². The lowest BCUT2D eigenvalue weighted by molar-refractivity contribution is -0.142. The summed E-state index contributed by atoms with van der Waals surface area (Å²) >= 11 is 0. The van der Waals surface area contributed by atoms with Gasteiger partial charge in [-0.25, -0.2) is 4.98 Å². The highest BCUT2D eigenvalue weighted by molar-refractivity contribution is 5.94. The van der Waals surface area contributed by atoms with Gasteiger partial charge in [0.25, 0.3) is 5.91 Å². The molecule has 0 spiro atoms. The molecule has 0 aliphatic carbocycles. The fourth-order valence-corrected chi connectivity index (χ4v) is 1.25. The highest BCUT2D eigenvalue weighted by Gasteiger charge is 2.07. The van der Waals surface area contributed by atoms with E-state index in [-0.39, 0.29) is 24.8 Å². The van der Waals surface area contributed by atoms with Crippen LogP contribution in [0, 0.1) is 0 Å². The average molecular weight is 252 g/mol. The van der Waals surface area contributed by atoms with Crippen molar-refractivity contribution in [2.24, 2.45) is 0 Å². The summed E-state index contributed by atoms with van der Waals surface area (Å²) in [6, 6.07) is 3.20. The van der Waals surface area contributed by atoms with Crippen LogP contribution in [-0.2, 0) is 9.53 Å². The Morgan fingerprint density at radius 2 is 2.17 bits per heavy atom. The van der Waals surface area contributed by atoms with E-state index in [0.29, 0.717) is 18.1 Å². The molecule has 0 unspecified atom stereocenters. The van der Waals surface area contributed by atoms with Gasteiger partial charge in [-0.1, -0.05) is 0 Å². The Bertz CT molecular complexity index is 403. The molecule has 18 heavy (non-hydrogen) atoms. The van der Waals surface area contributed by atoms with Crippen molar-refractivity contribution in [3.63, 3.8) is 0 Å². The van der Waals surface area contributed by atoms with Crippen LogP contribution in [0.1, 0.15) is 23.7 Å². The number of nitrogens with zero attached hydrogens (tertiary/aromatic N) is 1. The van der Waals surface area contributed by atoms with Crippen LogP contribution in [0.3, 0.4) is 0 Å². The predicted molar refractivity (Wildman–Crippen MR) is 64.4 cm³/mol. The Labute approximate surface area is 105 Å². The normalized spacial score (nSPS) is 9.67. The molecule has 0 aliphatic rings. The van der Waals surface area contributed by atoms with Crippen LogP contribution in [0.4, 0.5) is 0 Å². The number of hydrogen-bond acceptors (Lipinski definition) is 5. The number of carbonyl (C=O) groups is 2. The summed E-state index contributed by atoms with van der Waals surface area (Å²) in [4.78, 5) is 26.6. The Morgan fingerprint density at radius 3 is 2.72 bits per heavy atom. The fourth-order valence-electron chi connectivity index (χ4n) is 1.25. The van der Waals surface area contributed by atoms with E-state index < -0.39 is 0 Å². The number of hydrogen-bond donors (Lipinski definition) is 1. The van der Waals surface area contributed by atoms with Crippen molar-refractivity contribution < 1.29 is 19.1 Å². The minimum Gasteiger partial charge on any atom is -0.481 e. The molecule has 0 aliphatic heterocycles. The van der Waals surface area contributed by atoms with E-state index in [1.165, 1.54) is 13.3 Å². The molecule has 6 heteroatoms. The Balaban J connectivity index is 2.38. The quantitative estimate of drug-likeness (QED) is 0.757. The first-order chi connectivity index (χ1) is 8.67. The number of rotatable bonds is 6. The predicted octanol–water partition coefficient (Wildman–Crippen LogP) is 0.773. The van der Waals surface area contributed by atoms with Gasteiger partial charge in [-0.2, -0.15) is 0 Å². The largest absolute Gasteiger partial charge is 0.481 e. The van der Waals surface area contributed by atoms with Crippen molar-refractivity contribution in [2.75, 3.05) is 20.3 Å².